The van der Waals surface area contributed by atoms with Gasteiger partial charge in [0.25, 0.3) is 0 Å². The van der Waals surface area contributed by atoms with Gasteiger partial charge in [-0.3, -0.25) is 0 Å². The van der Waals surface area contributed by atoms with E-state index in [4.69, 9.17) is 15.2 Å². The lowest BCUT2D eigenvalue weighted by Crippen LogP contribution is -2.20. The highest BCUT2D eigenvalue weighted by Crippen LogP contribution is 2.33. The zero-order valence-electron chi connectivity index (χ0n) is 12.9. The Hall–Kier alpha value is -1.52. The summed E-state index contributed by atoms with van der Waals surface area (Å²) in [5.74, 6) is 0. The van der Waals surface area contributed by atoms with Gasteiger partial charge in [-0.15, -0.1) is 0 Å². The highest BCUT2D eigenvalue weighted by Gasteiger charge is 2.24. The number of hydrogen-bond donors (Lipinski definition) is 2. The molecule has 4 nitrogen and oxygen atoms in total. The average molecular weight is 276 g/mol. The number of nitrogens with two attached hydrogens (primary N) is 1. The van der Waals surface area contributed by atoms with Gasteiger partial charge < -0.3 is 20.2 Å². The molecule has 0 saturated heterocycles. The zero-order valence-corrected chi connectivity index (χ0v) is 12.9. The summed E-state index contributed by atoms with van der Waals surface area (Å²) >= 11 is 0. The third kappa shape index (κ3) is 2.81. The van der Waals surface area contributed by atoms with Gasteiger partial charge in [-0.1, -0.05) is 26.8 Å². The molecule has 2 aromatic rings. The van der Waals surface area contributed by atoms with E-state index in [-0.39, 0.29) is 11.7 Å². The zero-order chi connectivity index (χ0) is 14.9. The van der Waals surface area contributed by atoms with Crippen LogP contribution in [-0.4, -0.2) is 25.5 Å². The quantitative estimate of drug-likeness (QED) is 0.666. The van der Waals surface area contributed by atoms with Crippen molar-refractivity contribution in [1.82, 2.24) is 4.98 Å². The third-order valence-corrected chi connectivity index (χ3v) is 3.58. The summed E-state index contributed by atoms with van der Waals surface area (Å²) in [5.41, 5.74) is 10.2. The molecule has 4 heteroatoms. The van der Waals surface area contributed by atoms with Crippen LogP contribution in [0.2, 0.25) is 0 Å². The van der Waals surface area contributed by atoms with E-state index in [1.54, 1.807) is 14.2 Å². The first-order chi connectivity index (χ1) is 9.36. The van der Waals surface area contributed by atoms with Crippen molar-refractivity contribution in [2.75, 3.05) is 20.0 Å². The Balaban J connectivity index is 2.58. The molecule has 0 bridgehead atoms. The predicted octanol–water partition coefficient (Wildman–Crippen LogP) is 3.21. The number of H-pyrrole nitrogens is 1. The van der Waals surface area contributed by atoms with E-state index in [1.165, 1.54) is 16.6 Å². The molecular formula is C16H24N2O2. The molecule has 0 aliphatic heterocycles. The Morgan fingerprint density at radius 3 is 2.40 bits per heavy atom. The number of ether oxygens (including phenoxy) is 2. The molecule has 2 rings (SSSR count). The van der Waals surface area contributed by atoms with Crippen molar-refractivity contribution in [2.24, 2.45) is 0 Å². The second-order valence-electron chi connectivity index (χ2n) is 6.14. The molecule has 0 unspecified atom stereocenters. The van der Waals surface area contributed by atoms with E-state index >= 15 is 0 Å². The lowest BCUT2D eigenvalue weighted by Gasteiger charge is -2.21. The maximum atomic E-state index is 5.88. The van der Waals surface area contributed by atoms with Crippen molar-refractivity contribution in [3.63, 3.8) is 0 Å². The maximum absolute atomic E-state index is 5.88. The number of anilines is 1. The van der Waals surface area contributed by atoms with Crippen LogP contribution in [0, 0.1) is 0 Å². The highest BCUT2D eigenvalue weighted by molar-refractivity contribution is 5.87. The Morgan fingerprint density at radius 2 is 1.85 bits per heavy atom. The fraction of sp³-hybridized carbons (Fsp3) is 0.500. The summed E-state index contributed by atoms with van der Waals surface area (Å²) in [7, 11) is 3.33. The number of benzene rings is 1. The molecule has 0 saturated carbocycles. The number of methoxy groups -OCH3 is 2. The van der Waals surface area contributed by atoms with Crippen molar-refractivity contribution in [1.29, 1.82) is 0 Å². The first kappa shape index (κ1) is 14.9. The molecule has 1 aromatic carbocycles. The van der Waals surface area contributed by atoms with Crippen molar-refractivity contribution >= 4 is 16.6 Å². The van der Waals surface area contributed by atoms with Crippen LogP contribution in [0.25, 0.3) is 10.9 Å². The molecule has 0 atom stereocenters. The van der Waals surface area contributed by atoms with Gasteiger partial charge in [0.05, 0.1) is 0 Å². The molecular weight excluding hydrogens is 252 g/mol. The summed E-state index contributed by atoms with van der Waals surface area (Å²) in [6.07, 6.45) is 0.469. The molecule has 0 amide bonds. The van der Waals surface area contributed by atoms with Crippen LogP contribution in [0.15, 0.2) is 18.2 Å². The van der Waals surface area contributed by atoms with Gasteiger partial charge in [0, 0.05) is 48.3 Å². The Morgan fingerprint density at radius 1 is 1.20 bits per heavy atom. The van der Waals surface area contributed by atoms with Crippen LogP contribution in [0.4, 0.5) is 5.69 Å². The molecule has 0 fully saturated rings. The van der Waals surface area contributed by atoms with E-state index in [0.29, 0.717) is 6.42 Å². The van der Waals surface area contributed by atoms with Gasteiger partial charge in [-0.05, 0) is 17.7 Å². The van der Waals surface area contributed by atoms with Crippen molar-refractivity contribution in [2.45, 2.75) is 38.9 Å². The van der Waals surface area contributed by atoms with Crippen LogP contribution in [0.1, 0.15) is 32.0 Å². The summed E-state index contributed by atoms with van der Waals surface area (Å²) in [4.78, 5) is 3.51. The van der Waals surface area contributed by atoms with Gasteiger partial charge in [0.15, 0.2) is 6.29 Å². The molecule has 3 N–H and O–H groups in total. The van der Waals surface area contributed by atoms with Gasteiger partial charge in [0.2, 0.25) is 0 Å². The van der Waals surface area contributed by atoms with Gasteiger partial charge >= 0.3 is 0 Å². The van der Waals surface area contributed by atoms with Crippen LogP contribution in [0.3, 0.4) is 0 Å². The van der Waals surface area contributed by atoms with Crippen molar-refractivity contribution in [3.8, 4) is 0 Å². The topological polar surface area (TPSA) is 60.3 Å². The highest BCUT2D eigenvalue weighted by atomic mass is 16.7. The van der Waals surface area contributed by atoms with E-state index in [0.717, 1.165) is 11.2 Å². The lowest BCUT2D eigenvalue weighted by atomic mass is 9.88. The first-order valence-electron chi connectivity index (χ1n) is 6.83. The molecule has 110 valence electrons. The average Bonchev–Trinajstić information content (AvgIpc) is 2.73. The molecule has 0 aliphatic carbocycles. The minimum absolute atomic E-state index is 0.0230. The molecule has 20 heavy (non-hydrogen) atoms. The fourth-order valence-electron chi connectivity index (χ4n) is 2.55. The Bertz CT molecular complexity index is 592. The van der Waals surface area contributed by atoms with Crippen LogP contribution < -0.4 is 5.73 Å². The normalized spacial score (nSPS) is 12.5. The number of rotatable bonds is 4. The van der Waals surface area contributed by atoms with E-state index in [9.17, 15) is 0 Å². The standard InChI is InChI=1S/C16H24N2O2/c1-16(2,3)15-12(9-14(19-4)20-5)11-7-6-10(17)8-13(11)18-15/h6-8,14,18H,9,17H2,1-5H3. The molecule has 1 aromatic heterocycles. The first-order valence-corrected chi connectivity index (χ1v) is 6.83. The number of aromatic nitrogens is 1. The maximum Gasteiger partial charge on any atom is 0.160 e. The molecule has 0 radical (unpaired) electrons. The summed E-state index contributed by atoms with van der Waals surface area (Å²) in [5, 5.41) is 1.18. The van der Waals surface area contributed by atoms with Gasteiger partial charge in [-0.2, -0.15) is 0 Å². The Labute approximate surface area is 120 Å². The molecule has 0 aliphatic rings. The van der Waals surface area contributed by atoms with Crippen molar-refractivity contribution in [3.05, 3.63) is 29.5 Å². The lowest BCUT2D eigenvalue weighted by molar-refractivity contribution is -0.100. The SMILES string of the molecule is COC(Cc1c(C(C)(C)C)[nH]c2cc(N)ccc12)OC. The van der Waals surface area contributed by atoms with E-state index in [2.05, 4.69) is 31.8 Å². The van der Waals surface area contributed by atoms with Crippen molar-refractivity contribution < 1.29 is 9.47 Å². The summed E-state index contributed by atoms with van der Waals surface area (Å²) < 4.78 is 10.7. The fourth-order valence-corrected chi connectivity index (χ4v) is 2.55. The largest absolute Gasteiger partial charge is 0.399 e. The van der Waals surface area contributed by atoms with Crippen LogP contribution in [0.5, 0.6) is 0 Å². The third-order valence-electron chi connectivity index (χ3n) is 3.58. The van der Waals surface area contributed by atoms with Crippen LogP contribution in [-0.2, 0) is 21.3 Å². The molecule has 1 heterocycles. The number of nitrogens with one attached hydrogen (secondary N) is 1. The molecule has 0 spiro atoms. The smallest absolute Gasteiger partial charge is 0.160 e. The minimum Gasteiger partial charge on any atom is -0.399 e. The van der Waals surface area contributed by atoms with Gasteiger partial charge in [-0.25, -0.2) is 0 Å². The van der Waals surface area contributed by atoms with E-state index < -0.39 is 0 Å². The number of aromatic amines is 1. The summed E-state index contributed by atoms with van der Waals surface area (Å²) in [6.45, 7) is 6.58. The summed E-state index contributed by atoms with van der Waals surface area (Å²) in [6, 6.07) is 5.97. The van der Waals surface area contributed by atoms with Crippen LogP contribution >= 0.6 is 0 Å². The second-order valence-corrected chi connectivity index (χ2v) is 6.14. The van der Waals surface area contributed by atoms with Gasteiger partial charge in [0.1, 0.15) is 0 Å². The van der Waals surface area contributed by atoms with E-state index in [1.807, 2.05) is 12.1 Å². The number of fused-ring (bicyclic) bond motifs is 1. The second kappa shape index (κ2) is 5.46. The number of hydrogen-bond acceptors (Lipinski definition) is 3. The monoisotopic (exact) mass is 276 g/mol. The minimum atomic E-state index is -0.243. The number of nitrogen functional groups attached to an aromatic ring is 1. The Kier molecular flexibility index (Phi) is 4.06. The predicted molar refractivity (Wildman–Crippen MR) is 82.9 cm³/mol.